The summed E-state index contributed by atoms with van der Waals surface area (Å²) in [5.74, 6) is 0.729. The normalized spacial score (nSPS) is 15.7. The molecule has 1 spiro atoms. The van der Waals surface area contributed by atoms with Crippen LogP contribution in [0.1, 0.15) is 22.3 Å². The highest BCUT2D eigenvalue weighted by atomic mass is 32.2. The molecule has 0 radical (unpaired) electrons. The van der Waals surface area contributed by atoms with E-state index in [9.17, 15) is 0 Å². The van der Waals surface area contributed by atoms with Gasteiger partial charge in [0.2, 0.25) is 0 Å². The lowest BCUT2D eigenvalue weighted by molar-refractivity contribution is 0.723. The Labute approximate surface area is 281 Å². The largest absolute Gasteiger partial charge is 0.228 e. The number of hydrogen-bond donors (Lipinski definition) is 0. The first kappa shape index (κ1) is 26.9. The molecule has 4 heteroatoms. The third-order valence-electron chi connectivity index (χ3n) is 9.67. The molecule has 3 heterocycles. The second kappa shape index (κ2) is 10.4. The molecule has 8 aromatic rings. The van der Waals surface area contributed by atoms with E-state index < -0.39 is 5.41 Å². The first-order chi connectivity index (χ1) is 23.3. The van der Waals surface area contributed by atoms with E-state index in [1.54, 1.807) is 0 Å². The highest BCUT2D eigenvalue weighted by Crippen LogP contribution is 2.64. The molecule has 2 nitrogen and oxygen atoms in total. The van der Waals surface area contributed by atoms with Crippen LogP contribution in [0.5, 0.6) is 0 Å². The zero-order chi connectivity index (χ0) is 31.0. The molecule has 2 aromatic heterocycles. The Bertz CT molecular complexity index is 2440. The van der Waals surface area contributed by atoms with E-state index >= 15 is 0 Å². The number of rotatable bonds is 3. The van der Waals surface area contributed by atoms with Crippen molar-refractivity contribution >= 4 is 33.2 Å². The molecule has 0 fully saturated rings. The van der Waals surface area contributed by atoms with Crippen molar-refractivity contribution in [3.05, 3.63) is 179 Å². The zero-order valence-corrected chi connectivity index (χ0v) is 26.9. The van der Waals surface area contributed by atoms with Crippen LogP contribution in [0.25, 0.3) is 55.1 Å². The van der Waals surface area contributed by atoms with Gasteiger partial charge < -0.3 is 0 Å². The monoisotopic (exact) mass is 634 g/mol. The number of fused-ring (bicyclic) bond motifs is 11. The molecule has 10 rings (SSSR count). The first-order valence-electron chi connectivity index (χ1n) is 15.8. The highest BCUT2D eigenvalue weighted by Gasteiger charge is 2.51. The fraction of sp³-hybridized carbons (Fsp3) is 0.0233. The predicted molar refractivity (Wildman–Crippen MR) is 195 cm³/mol. The van der Waals surface area contributed by atoms with Gasteiger partial charge in [0.05, 0.1) is 16.8 Å². The van der Waals surface area contributed by atoms with Crippen LogP contribution in [0.4, 0.5) is 0 Å². The molecule has 0 saturated carbocycles. The van der Waals surface area contributed by atoms with Crippen molar-refractivity contribution in [3.8, 4) is 45.0 Å². The molecule has 0 amide bonds. The molecule has 1 unspecified atom stereocenters. The maximum absolute atomic E-state index is 5.28. The molecule has 0 bridgehead atoms. The molecule has 1 atom stereocenters. The summed E-state index contributed by atoms with van der Waals surface area (Å²) in [7, 11) is 0. The smallest absolute Gasteiger partial charge is 0.160 e. The standard InChI is InChI=1S/C43H26N2S2/c1-3-12-27(13-4-1)36-26-37(45-42(44-36)28-14-5-2-6-15-28)30-17-11-20-35-41(30)47-39-21-10-9-19-33(39)43(35)32-18-8-7-16-29(32)40-31-24-25-46-38(31)23-22-34(40)43/h1-26H. The van der Waals surface area contributed by atoms with Crippen LogP contribution in [0.15, 0.2) is 167 Å². The van der Waals surface area contributed by atoms with Crippen molar-refractivity contribution in [2.75, 3.05) is 0 Å². The minimum absolute atomic E-state index is 0.452. The Morgan fingerprint density at radius 1 is 0.489 bits per heavy atom. The molecular formula is C43H26N2S2. The lowest BCUT2D eigenvalue weighted by Gasteiger charge is -2.40. The summed E-state index contributed by atoms with van der Waals surface area (Å²) in [6.07, 6.45) is 0. The van der Waals surface area contributed by atoms with Gasteiger partial charge in [0.25, 0.3) is 0 Å². The van der Waals surface area contributed by atoms with E-state index in [4.69, 9.17) is 9.97 Å². The Kier molecular flexibility index (Phi) is 5.93. The SMILES string of the molecule is c1ccc(-c2cc(-c3cccc4c3Sc3ccccc3C43c4ccccc4-c4c3ccc3sccc43)nc(-c3ccccc3)n2)cc1. The predicted octanol–water partition coefficient (Wildman–Crippen LogP) is 11.5. The molecule has 2 aliphatic rings. The third-order valence-corrected chi connectivity index (χ3v) is 11.8. The quantitative estimate of drug-likeness (QED) is 0.193. The summed E-state index contributed by atoms with van der Waals surface area (Å²) in [4.78, 5) is 12.9. The van der Waals surface area contributed by atoms with Gasteiger partial charge >= 0.3 is 0 Å². The summed E-state index contributed by atoms with van der Waals surface area (Å²) >= 11 is 3.68. The van der Waals surface area contributed by atoms with Crippen molar-refractivity contribution in [2.45, 2.75) is 15.2 Å². The van der Waals surface area contributed by atoms with Gasteiger partial charge in [0.15, 0.2) is 5.82 Å². The van der Waals surface area contributed by atoms with E-state index in [0.717, 1.165) is 33.9 Å². The van der Waals surface area contributed by atoms with Crippen LogP contribution < -0.4 is 0 Å². The molecule has 1 aliphatic carbocycles. The van der Waals surface area contributed by atoms with Crippen LogP contribution in [-0.4, -0.2) is 9.97 Å². The molecule has 0 N–H and O–H groups in total. The van der Waals surface area contributed by atoms with E-state index in [0.29, 0.717) is 0 Å². The van der Waals surface area contributed by atoms with Crippen molar-refractivity contribution in [2.24, 2.45) is 0 Å². The van der Waals surface area contributed by atoms with Gasteiger partial charge in [0, 0.05) is 36.6 Å². The Morgan fingerprint density at radius 2 is 1.17 bits per heavy atom. The molecule has 1 aliphatic heterocycles. The number of benzene rings is 6. The van der Waals surface area contributed by atoms with Crippen LogP contribution >= 0.6 is 23.1 Å². The van der Waals surface area contributed by atoms with Gasteiger partial charge in [-0.2, -0.15) is 0 Å². The number of aromatic nitrogens is 2. The van der Waals surface area contributed by atoms with Gasteiger partial charge in [-0.1, -0.05) is 139 Å². The summed E-state index contributed by atoms with van der Waals surface area (Å²) < 4.78 is 1.32. The van der Waals surface area contributed by atoms with Gasteiger partial charge in [-0.3, -0.25) is 0 Å². The van der Waals surface area contributed by atoms with Gasteiger partial charge in [-0.15, -0.1) is 11.3 Å². The fourth-order valence-electron chi connectivity index (χ4n) is 7.72. The van der Waals surface area contributed by atoms with Gasteiger partial charge in [-0.25, -0.2) is 9.97 Å². The minimum Gasteiger partial charge on any atom is -0.228 e. The molecule has 0 saturated heterocycles. The summed E-state index contributed by atoms with van der Waals surface area (Å²) in [5.41, 5.74) is 12.6. The fourth-order valence-corrected chi connectivity index (χ4v) is 9.83. The van der Waals surface area contributed by atoms with Crippen LogP contribution in [-0.2, 0) is 5.41 Å². The van der Waals surface area contributed by atoms with Crippen LogP contribution in [0, 0.1) is 0 Å². The van der Waals surface area contributed by atoms with E-state index in [-0.39, 0.29) is 0 Å². The van der Waals surface area contributed by atoms with Crippen molar-refractivity contribution in [1.29, 1.82) is 0 Å². The van der Waals surface area contributed by atoms with E-state index in [1.807, 2.05) is 47.4 Å². The lowest BCUT2D eigenvalue weighted by Crippen LogP contribution is -2.32. The van der Waals surface area contributed by atoms with Crippen LogP contribution in [0.3, 0.4) is 0 Å². The zero-order valence-electron chi connectivity index (χ0n) is 25.2. The topological polar surface area (TPSA) is 25.8 Å². The summed E-state index contributed by atoms with van der Waals surface area (Å²) in [6, 6.07) is 54.8. The average Bonchev–Trinajstić information content (AvgIpc) is 3.74. The molecular weight excluding hydrogens is 609 g/mol. The molecule has 47 heavy (non-hydrogen) atoms. The summed E-state index contributed by atoms with van der Waals surface area (Å²) in [5, 5.41) is 3.56. The second-order valence-electron chi connectivity index (χ2n) is 12.1. The van der Waals surface area contributed by atoms with Crippen molar-refractivity contribution < 1.29 is 0 Å². The Hall–Kier alpha value is -5.29. The Balaban J connectivity index is 1.29. The second-order valence-corrected chi connectivity index (χ2v) is 14.1. The van der Waals surface area contributed by atoms with E-state index in [2.05, 4.69) is 133 Å². The Morgan fingerprint density at radius 3 is 2.02 bits per heavy atom. The van der Waals surface area contributed by atoms with Crippen LogP contribution in [0.2, 0.25) is 0 Å². The lowest BCUT2D eigenvalue weighted by atomic mass is 9.67. The maximum atomic E-state index is 5.28. The van der Waals surface area contributed by atoms with E-state index in [1.165, 1.54) is 53.3 Å². The third kappa shape index (κ3) is 3.86. The maximum Gasteiger partial charge on any atom is 0.160 e. The van der Waals surface area contributed by atoms with Gasteiger partial charge in [0.1, 0.15) is 0 Å². The van der Waals surface area contributed by atoms with Gasteiger partial charge in [-0.05, 0) is 63.0 Å². The number of thiophene rings is 1. The number of hydrogen-bond acceptors (Lipinski definition) is 4. The molecule has 220 valence electrons. The van der Waals surface area contributed by atoms with Crippen molar-refractivity contribution in [1.82, 2.24) is 9.97 Å². The van der Waals surface area contributed by atoms with Crippen molar-refractivity contribution in [3.63, 3.8) is 0 Å². The average molecular weight is 635 g/mol. The summed E-state index contributed by atoms with van der Waals surface area (Å²) in [6.45, 7) is 0. The minimum atomic E-state index is -0.452. The highest BCUT2D eigenvalue weighted by molar-refractivity contribution is 7.99. The first-order valence-corrected chi connectivity index (χ1v) is 17.5. The number of nitrogens with zero attached hydrogens (tertiary/aromatic N) is 2. The molecule has 6 aromatic carbocycles.